The first kappa shape index (κ1) is 17.1. The molecular formula is C21H20N4O2. The minimum atomic E-state index is -0.138. The molecule has 2 heterocycles. The molecule has 0 saturated carbocycles. The second-order valence-corrected chi connectivity index (χ2v) is 6.74. The lowest BCUT2D eigenvalue weighted by atomic mass is 9.89. The summed E-state index contributed by atoms with van der Waals surface area (Å²) in [5.41, 5.74) is 2.24. The third kappa shape index (κ3) is 3.65. The van der Waals surface area contributed by atoms with Crippen molar-refractivity contribution in [2.24, 2.45) is 5.92 Å². The molecule has 1 unspecified atom stereocenters. The highest BCUT2D eigenvalue weighted by molar-refractivity contribution is 5.99. The molecule has 1 amide bonds. The fourth-order valence-corrected chi connectivity index (χ4v) is 3.51. The molecular weight excluding hydrogens is 340 g/mol. The summed E-state index contributed by atoms with van der Waals surface area (Å²) >= 11 is 0. The zero-order chi connectivity index (χ0) is 18.6. The van der Waals surface area contributed by atoms with Gasteiger partial charge in [-0.15, -0.1) is 10.2 Å². The number of rotatable bonds is 4. The molecule has 3 aromatic rings. The molecule has 1 atom stereocenters. The molecule has 0 bridgehead atoms. The van der Waals surface area contributed by atoms with E-state index in [-0.39, 0.29) is 17.6 Å². The summed E-state index contributed by atoms with van der Waals surface area (Å²) in [6.07, 6.45) is 4.89. The number of amides is 1. The molecule has 1 saturated heterocycles. The van der Waals surface area contributed by atoms with E-state index in [9.17, 15) is 9.59 Å². The van der Waals surface area contributed by atoms with Crippen molar-refractivity contribution in [2.45, 2.75) is 12.8 Å². The molecule has 1 aliphatic heterocycles. The Morgan fingerprint density at radius 3 is 2.30 bits per heavy atom. The summed E-state index contributed by atoms with van der Waals surface area (Å²) in [5, 5.41) is 7.57. The quantitative estimate of drug-likeness (QED) is 0.671. The van der Waals surface area contributed by atoms with Crippen LogP contribution in [-0.4, -0.2) is 44.4 Å². The Morgan fingerprint density at radius 2 is 1.59 bits per heavy atom. The molecule has 2 aromatic carbocycles. The van der Waals surface area contributed by atoms with Gasteiger partial charge in [0.2, 0.25) is 0 Å². The van der Waals surface area contributed by atoms with Crippen molar-refractivity contribution < 1.29 is 9.59 Å². The minimum Gasteiger partial charge on any atom is -0.338 e. The number of hydrogen-bond donors (Lipinski definition) is 0. The van der Waals surface area contributed by atoms with Gasteiger partial charge in [0.15, 0.2) is 5.78 Å². The van der Waals surface area contributed by atoms with E-state index in [0.29, 0.717) is 18.7 Å². The van der Waals surface area contributed by atoms with E-state index in [1.165, 1.54) is 0 Å². The van der Waals surface area contributed by atoms with Gasteiger partial charge < -0.3 is 4.90 Å². The second kappa shape index (κ2) is 7.53. The summed E-state index contributed by atoms with van der Waals surface area (Å²) in [5.74, 6) is -0.0479. The monoisotopic (exact) mass is 360 g/mol. The molecule has 0 N–H and O–H groups in total. The minimum absolute atomic E-state index is 0.0316. The Morgan fingerprint density at radius 1 is 0.889 bits per heavy atom. The number of carbonyl (C=O) groups is 2. The third-order valence-corrected chi connectivity index (χ3v) is 4.97. The van der Waals surface area contributed by atoms with Gasteiger partial charge in [-0.3, -0.25) is 14.2 Å². The second-order valence-electron chi connectivity index (χ2n) is 6.74. The first-order valence-corrected chi connectivity index (χ1v) is 9.06. The van der Waals surface area contributed by atoms with Crippen molar-refractivity contribution in [1.29, 1.82) is 0 Å². The van der Waals surface area contributed by atoms with Gasteiger partial charge in [-0.05, 0) is 37.1 Å². The number of likely N-dealkylation sites (tertiary alicyclic amines) is 1. The molecule has 136 valence electrons. The van der Waals surface area contributed by atoms with E-state index in [2.05, 4.69) is 10.2 Å². The van der Waals surface area contributed by atoms with Gasteiger partial charge in [0.05, 0.1) is 0 Å². The molecule has 6 heteroatoms. The number of nitrogens with zero attached hydrogens (tertiary/aromatic N) is 4. The van der Waals surface area contributed by atoms with Crippen LogP contribution in [0.4, 0.5) is 0 Å². The van der Waals surface area contributed by atoms with Gasteiger partial charge in [-0.25, -0.2) is 0 Å². The van der Waals surface area contributed by atoms with Crippen molar-refractivity contribution in [3.8, 4) is 5.69 Å². The van der Waals surface area contributed by atoms with E-state index in [4.69, 9.17) is 0 Å². The molecule has 27 heavy (non-hydrogen) atoms. The van der Waals surface area contributed by atoms with E-state index >= 15 is 0 Å². The Balaban J connectivity index is 1.46. The van der Waals surface area contributed by atoms with Gasteiger partial charge in [0.25, 0.3) is 5.91 Å². The lowest BCUT2D eigenvalue weighted by molar-refractivity contribution is 0.0637. The van der Waals surface area contributed by atoms with Crippen molar-refractivity contribution in [3.63, 3.8) is 0 Å². The standard InChI is InChI=1S/C21H20N4O2/c26-20(16-5-2-1-3-6-16)18-7-4-12-24(13-18)21(27)17-8-10-19(11-9-17)25-14-22-23-15-25/h1-3,5-6,8-11,14-15,18H,4,7,12-13H2. The Labute approximate surface area is 157 Å². The van der Waals surface area contributed by atoms with Gasteiger partial charge in [0.1, 0.15) is 12.7 Å². The van der Waals surface area contributed by atoms with Crippen molar-refractivity contribution in [3.05, 3.63) is 78.4 Å². The summed E-state index contributed by atoms with van der Waals surface area (Å²) in [6, 6.07) is 16.7. The maximum absolute atomic E-state index is 12.9. The molecule has 1 aliphatic rings. The maximum atomic E-state index is 12.9. The predicted octanol–water partition coefficient (Wildman–Crippen LogP) is 3.00. The zero-order valence-electron chi connectivity index (χ0n) is 14.9. The van der Waals surface area contributed by atoms with Crippen LogP contribution < -0.4 is 0 Å². The van der Waals surface area contributed by atoms with Crippen LogP contribution in [0, 0.1) is 5.92 Å². The number of hydrogen-bond acceptors (Lipinski definition) is 4. The normalized spacial score (nSPS) is 16.9. The van der Waals surface area contributed by atoms with Crippen LogP contribution in [0.3, 0.4) is 0 Å². The smallest absolute Gasteiger partial charge is 0.253 e. The highest BCUT2D eigenvalue weighted by Crippen LogP contribution is 2.22. The van der Waals surface area contributed by atoms with Gasteiger partial charge >= 0.3 is 0 Å². The molecule has 0 spiro atoms. The van der Waals surface area contributed by atoms with Crippen LogP contribution in [0.5, 0.6) is 0 Å². The lowest BCUT2D eigenvalue weighted by Gasteiger charge is -2.32. The topological polar surface area (TPSA) is 68.1 Å². The van der Waals surface area contributed by atoms with Gasteiger partial charge in [0, 0.05) is 35.8 Å². The van der Waals surface area contributed by atoms with Crippen LogP contribution in [-0.2, 0) is 0 Å². The number of benzene rings is 2. The molecule has 0 radical (unpaired) electrons. The molecule has 1 aromatic heterocycles. The van der Waals surface area contributed by atoms with Crippen LogP contribution >= 0.6 is 0 Å². The number of carbonyl (C=O) groups excluding carboxylic acids is 2. The largest absolute Gasteiger partial charge is 0.338 e. The van der Waals surface area contributed by atoms with E-state index in [1.807, 2.05) is 42.5 Å². The van der Waals surface area contributed by atoms with Crippen LogP contribution in [0.1, 0.15) is 33.6 Å². The van der Waals surface area contributed by atoms with E-state index in [1.54, 1.807) is 34.3 Å². The predicted molar refractivity (Wildman–Crippen MR) is 101 cm³/mol. The summed E-state index contributed by atoms with van der Waals surface area (Å²) < 4.78 is 1.78. The van der Waals surface area contributed by atoms with Crippen LogP contribution in [0.15, 0.2) is 67.3 Å². The number of Topliss-reactive ketones (excluding diaryl/α,β-unsaturated/α-hetero) is 1. The van der Waals surface area contributed by atoms with Gasteiger partial charge in [-0.2, -0.15) is 0 Å². The van der Waals surface area contributed by atoms with E-state index < -0.39 is 0 Å². The highest BCUT2D eigenvalue weighted by Gasteiger charge is 2.29. The first-order valence-electron chi connectivity index (χ1n) is 9.06. The average molecular weight is 360 g/mol. The van der Waals surface area contributed by atoms with Crippen molar-refractivity contribution >= 4 is 11.7 Å². The van der Waals surface area contributed by atoms with Gasteiger partial charge in [-0.1, -0.05) is 30.3 Å². The lowest BCUT2D eigenvalue weighted by Crippen LogP contribution is -2.42. The Hall–Kier alpha value is -3.28. The third-order valence-electron chi connectivity index (χ3n) is 4.97. The summed E-state index contributed by atoms with van der Waals surface area (Å²) in [4.78, 5) is 27.4. The number of aromatic nitrogens is 3. The molecule has 0 aliphatic carbocycles. The van der Waals surface area contributed by atoms with E-state index in [0.717, 1.165) is 24.1 Å². The molecule has 1 fully saturated rings. The summed E-state index contributed by atoms with van der Waals surface area (Å²) in [7, 11) is 0. The molecule has 4 rings (SSSR count). The fourth-order valence-electron chi connectivity index (χ4n) is 3.51. The zero-order valence-corrected chi connectivity index (χ0v) is 14.9. The summed E-state index contributed by atoms with van der Waals surface area (Å²) in [6.45, 7) is 1.16. The molecule has 6 nitrogen and oxygen atoms in total. The fraction of sp³-hybridized carbons (Fsp3) is 0.238. The van der Waals surface area contributed by atoms with Crippen LogP contribution in [0.25, 0.3) is 5.69 Å². The number of piperidine rings is 1. The van der Waals surface area contributed by atoms with Crippen molar-refractivity contribution in [2.75, 3.05) is 13.1 Å². The Bertz CT molecular complexity index is 921. The van der Waals surface area contributed by atoms with Crippen molar-refractivity contribution in [1.82, 2.24) is 19.7 Å². The first-order chi connectivity index (χ1) is 13.2. The number of ketones is 1. The Kier molecular flexibility index (Phi) is 4.78. The van der Waals surface area contributed by atoms with Crippen LogP contribution in [0.2, 0.25) is 0 Å². The average Bonchev–Trinajstić information content (AvgIpc) is 3.28. The highest BCUT2D eigenvalue weighted by atomic mass is 16.2. The SMILES string of the molecule is O=C(c1ccccc1)C1CCCN(C(=O)c2ccc(-n3cnnc3)cc2)C1. The maximum Gasteiger partial charge on any atom is 0.253 e.